The van der Waals surface area contributed by atoms with Gasteiger partial charge in [-0.25, -0.2) is 4.98 Å². The molecule has 0 bridgehead atoms. The van der Waals surface area contributed by atoms with E-state index in [2.05, 4.69) is 30.7 Å². The summed E-state index contributed by atoms with van der Waals surface area (Å²) in [5, 5.41) is 1.58. The van der Waals surface area contributed by atoms with Crippen LogP contribution in [0.25, 0.3) is 10.9 Å². The summed E-state index contributed by atoms with van der Waals surface area (Å²) in [5.74, 6) is 0.896. The molecule has 0 aliphatic rings. The van der Waals surface area contributed by atoms with Crippen molar-refractivity contribution in [1.82, 2.24) is 9.97 Å². The molecule has 0 aliphatic carbocycles. The third-order valence-electron chi connectivity index (χ3n) is 2.39. The lowest BCUT2D eigenvalue weighted by Gasteiger charge is -2.17. The van der Waals surface area contributed by atoms with Crippen LogP contribution >= 0.6 is 23.8 Å². The van der Waals surface area contributed by atoms with Gasteiger partial charge in [0.05, 0.1) is 0 Å². The second-order valence-corrected chi connectivity index (χ2v) is 5.65. The van der Waals surface area contributed by atoms with Gasteiger partial charge in [-0.1, -0.05) is 44.6 Å². The van der Waals surface area contributed by atoms with Crippen LogP contribution in [0, 0.1) is 4.64 Å². The van der Waals surface area contributed by atoms with Crippen LogP contribution in [-0.4, -0.2) is 9.97 Å². The molecule has 1 aromatic heterocycles. The molecule has 0 amide bonds. The first-order chi connectivity index (χ1) is 7.38. The molecule has 0 atom stereocenters. The predicted octanol–water partition coefficient (Wildman–Crippen LogP) is 4.24. The number of aromatic nitrogens is 2. The van der Waals surface area contributed by atoms with Crippen LogP contribution in [0.2, 0.25) is 5.02 Å². The van der Waals surface area contributed by atoms with E-state index in [9.17, 15) is 0 Å². The van der Waals surface area contributed by atoms with E-state index in [1.54, 1.807) is 0 Å². The summed E-state index contributed by atoms with van der Waals surface area (Å²) in [4.78, 5) is 7.71. The number of hydrogen-bond donors (Lipinski definition) is 1. The van der Waals surface area contributed by atoms with Crippen molar-refractivity contribution >= 4 is 34.7 Å². The standard InChI is InChI=1S/C12H13ClN2S/c1-12(2,3)11-14-9-5-4-7(13)6-8(9)10(16)15-11/h4-6H,1-3H3,(H,14,15,16). The van der Waals surface area contributed by atoms with Crippen molar-refractivity contribution in [2.24, 2.45) is 0 Å². The Kier molecular flexibility index (Phi) is 2.76. The zero-order chi connectivity index (χ0) is 11.9. The first-order valence-corrected chi connectivity index (χ1v) is 5.86. The molecule has 1 N–H and O–H groups in total. The van der Waals surface area contributed by atoms with Crippen molar-refractivity contribution in [3.05, 3.63) is 33.7 Å². The van der Waals surface area contributed by atoms with Gasteiger partial charge in [-0.2, -0.15) is 0 Å². The average Bonchev–Trinajstić information content (AvgIpc) is 2.17. The van der Waals surface area contributed by atoms with Gasteiger partial charge in [0.2, 0.25) is 0 Å². The van der Waals surface area contributed by atoms with E-state index in [0.717, 1.165) is 16.7 Å². The largest absolute Gasteiger partial charge is 0.343 e. The maximum Gasteiger partial charge on any atom is 0.137 e. The molecule has 4 heteroatoms. The molecule has 0 aliphatic heterocycles. The summed E-state index contributed by atoms with van der Waals surface area (Å²) in [6.45, 7) is 6.30. The summed E-state index contributed by atoms with van der Waals surface area (Å²) in [7, 11) is 0. The number of nitrogens with zero attached hydrogens (tertiary/aromatic N) is 1. The van der Waals surface area contributed by atoms with Gasteiger partial charge in [0, 0.05) is 21.3 Å². The normalized spacial score (nSPS) is 12.0. The number of fused-ring (bicyclic) bond motifs is 1. The zero-order valence-electron chi connectivity index (χ0n) is 9.47. The minimum absolute atomic E-state index is 0.0403. The SMILES string of the molecule is CC(C)(C)c1nc(=S)c2cc(Cl)ccc2[nH]1. The molecule has 2 rings (SSSR count). The highest BCUT2D eigenvalue weighted by molar-refractivity contribution is 7.71. The van der Waals surface area contributed by atoms with Crippen molar-refractivity contribution < 1.29 is 0 Å². The van der Waals surface area contributed by atoms with Gasteiger partial charge in [-0.15, -0.1) is 0 Å². The summed E-state index contributed by atoms with van der Waals surface area (Å²) >= 11 is 11.2. The van der Waals surface area contributed by atoms with E-state index in [0.29, 0.717) is 9.66 Å². The number of halogens is 1. The van der Waals surface area contributed by atoms with Crippen LogP contribution in [0.15, 0.2) is 18.2 Å². The third-order valence-corrected chi connectivity index (χ3v) is 2.94. The summed E-state index contributed by atoms with van der Waals surface area (Å²) in [6.07, 6.45) is 0. The van der Waals surface area contributed by atoms with Crippen molar-refractivity contribution in [3.63, 3.8) is 0 Å². The first kappa shape index (κ1) is 11.6. The van der Waals surface area contributed by atoms with Crippen LogP contribution in [0.1, 0.15) is 26.6 Å². The van der Waals surface area contributed by atoms with Crippen LogP contribution in [0.5, 0.6) is 0 Å². The Morgan fingerprint density at radius 1 is 1.31 bits per heavy atom. The average molecular weight is 253 g/mol. The smallest absolute Gasteiger partial charge is 0.137 e. The Morgan fingerprint density at radius 3 is 2.62 bits per heavy atom. The van der Waals surface area contributed by atoms with Gasteiger partial charge in [-0.3, -0.25) is 0 Å². The molecular formula is C12H13ClN2S. The second kappa shape index (κ2) is 3.82. The molecule has 0 radical (unpaired) electrons. The summed E-state index contributed by atoms with van der Waals surface area (Å²) in [5.41, 5.74) is 0.941. The molecule has 0 fully saturated rings. The highest BCUT2D eigenvalue weighted by Gasteiger charge is 2.17. The van der Waals surface area contributed by atoms with Crippen LogP contribution in [0.4, 0.5) is 0 Å². The molecule has 1 heterocycles. The Hall–Kier alpha value is -0.930. The summed E-state index contributed by atoms with van der Waals surface area (Å²) < 4.78 is 0.598. The Morgan fingerprint density at radius 2 is 2.00 bits per heavy atom. The third kappa shape index (κ3) is 2.11. The number of rotatable bonds is 0. The van der Waals surface area contributed by atoms with Gasteiger partial charge in [0.25, 0.3) is 0 Å². The number of hydrogen-bond acceptors (Lipinski definition) is 2. The van der Waals surface area contributed by atoms with Gasteiger partial charge < -0.3 is 4.98 Å². The molecule has 0 saturated heterocycles. The van der Waals surface area contributed by atoms with Crippen LogP contribution < -0.4 is 0 Å². The van der Waals surface area contributed by atoms with E-state index in [1.807, 2.05) is 18.2 Å². The van der Waals surface area contributed by atoms with E-state index in [4.69, 9.17) is 23.8 Å². The Labute approximate surface area is 105 Å². The molecule has 0 saturated carbocycles. The molecule has 0 spiro atoms. The van der Waals surface area contributed by atoms with E-state index < -0.39 is 0 Å². The fraction of sp³-hybridized carbons (Fsp3) is 0.333. The lowest BCUT2D eigenvalue weighted by molar-refractivity contribution is 0.547. The van der Waals surface area contributed by atoms with Crippen LogP contribution in [0.3, 0.4) is 0 Å². The van der Waals surface area contributed by atoms with Gasteiger partial charge in [0.15, 0.2) is 0 Å². The molecule has 0 unspecified atom stereocenters. The highest BCUT2D eigenvalue weighted by Crippen LogP contribution is 2.23. The molecular weight excluding hydrogens is 240 g/mol. The quantitative estimate of drug-likeness (QED) is 0.711. The second-order valence-electron chi connectivity index (χ2n) is 4.83. The van der Waals surface area contributed by atoms with E-state index in [-0.39, 0.29) is 5.41 Å². The number of H-pyrrole nitrogens is 1. The van der Waals surface area contributed by atoms with Crippen molar-refractivity contribution in [2.45, 2.75) is 26.2 Å². The fourth-order valence-electron chi connectivity index (χ4n) is 1.47. The maximum absolute atomic E-state index is 5.93. The molecule has 1 aromatic carbocycles. The van der Waals surface area contributed by atoms with Gasteiger partial charge in [-0.05, 0) is 18.2 Å². The van der Waals surface area contributed by atoms with Crippen molar-refractivity contribution in [2.75, 3.05) is 0 Å². The number of aromatic amines is 1. The Bertz CT molecular complexity index is 596. The first-order valence-electron chi connectivity index (χ1n) is 5.08. The topological polar surface area (TPSA) is 28.7 Å². The number of benzene rings is 1. The fourth-order valence-corrected chi connectivity index (χ4v) is 1.91. The molecule has 2 aromatic rings. The van der Waals surface area contributed by atoms with Crippen molar-refractivity contribution in [1.29, 1.82) is 0 Å². The van der Waals surface area contributed by atoms with E-state index in [1.165, 1.54) is 0 Å². The Balaban J connectivity index is 2.79. The predicted molar refractivity (Wildman–Crippen MR) is 70.6 cm³/mol. The maximum atomic E-state index is 5.93. The minimum Gasteiger partial charge on any atom is -0.343 e. The van der Waals surface area contributed by atoms with Gasteiger partial charge >= 0.3 is 0 Å². The molecule has 16 heavy (non-hydrogen) atoms. The zero-order valence-corrected chi connectivity index (χ0v) is 11.0. The lowest BCUT2D eigenvalue weighted by atomic mass is 9.95. The van der Waals surface area contributed by atoms with Crippen molar-refractivity contribution in [3.8, 4) is 0 Å². The monoisotopic (exact) mass is 252 g/mol. The molecule has 84 valence electrons. The van der Waals surface area contributed by atoms with Gasteiger partial charge in [0.1, 0.15) is 10.5 Å². The van der Waals surface area contributed by atoms with Crippen LogP contribution in [-0.2, 0) is 5.41 Å². The van der Waals surface area contributed by atoms with E-state index >= 15 is 0 Å². The minimum atomic E-state index is -0.0403. The summed E-state index contributed by atoms with van der Waals surface area (Å²) in [6, 6.07) is 5.63. The molecule has 2 nitrogen and oxygen atoms in total. The highest BCUT2D eigenvalue weighted by atomic mass is 35.5. The number of nitrogens with one attached hydrogen (secondary N) is 1. The lowest BCUT2D eigenvalue weighted by Crippen LogP contribution is -2.16.